The van der Waals surface area contributed by atoms with Crippen molar-refractivity contribution in [1.29, 1.82) is 0 Å². The monoisotopic (exact) mass is 322 g/mol. The fraction of sp³-hybridized carbons (Fsp3) is 0.150. The van der Waals surface area contributed by atoms with Gasteiger partial charge < -0.3 is 14.6 Å². The second-order valence-corrected chi connectivity index (χ2v) is 5.56. The van der Waals surface area contributed by atoms with E-state index in [1.807, 2.05) is 36.4 Å². The first-order valence-corrected chi connectivity index (χ1v) is 7.63. The number of esters is 1. The Labute approximate surface area is 140 Å². The van der Waals surface area contributed by atoms with Crippen molar-refractivity contribution < 1.29 is 19.4 Å². The molecule has 0 bridgehead atoms. The molecule has 0 radical (unpaired) electrons. The third kappa shape index (κ3) is 3.18. The standard InChI is InChI=1S/C20H18O4/c1-13(21)24-20-16-9-8-15(10-14-6-4-3-5-7-14)11-17(16)18(22)12-19(20)23-2/h3-9,11-12,22H,10H2,1-2H3. The number of methoxy groups -OCH3 is 1. The van der Waals surface area contributed by atoms with E-state index in [9.17, 15) is 9.90 Å². The van der Waals surface area contributed by atoms with E-state index in [0.29, 0.717) is 22.3 Å². The lowest BCUT2D eigenvalue weighted by atomic mass is 10.00. The average molecular weight is 322 g/mol. The largest absolute Gasteiger partial charge is 0.507 e. The normalized spacial score (nSPS) is 10.6. The van der Waals surface area contributed by atoms with Crippen LogP contribution in [-0.2, 0) is 11.2 Å². The highest BCUT2D eigenvalue weighted by Crippen LogP contribution is 2.41. The molecule has 0 heterocycles. The minimum Gasteiger partial charge on any atom is -0.507 e. The van der Waals surface area contributed by atoms with Crippen LogP contribution in [0.25, 0.3) is 10.8 Å². The van der Waals surface area contributed by atoms with Gasteiger partial charge in [-0.3, -0.25) is 4.79 Å². The van der Waals surface area contributed by atoms with Gasteiger partial charge in [-0.25, -0.2) is 0 Å². The molecule has 3 rings (SSSR count). The lowest BCUT2D eigenvalue weighted by Gasteiger charge is -2.13. The van der Waals surface area contributed by atoms with Gasteiger partial charge in [-0.15, -0.1) is 0 Å². The first-order chi connectivity index (χ1) is 11.6. The van der Waals surface area contributed by atoms with Crippen molar-refractivity contribution in [1.82, 2.24) is 0 Å². The number of fused-ring (bicyclic) bond motifs is 1. The summed E-state index contributed by atoms with van der Waals surface area (Å²) in [6.45, 7) is 1.34. The molecule has 0 amide bonds. The summed E-state index contributed by atoms with van der Waals surface area (Å²) in [6.07, 6.45) is 0.755. The molecule has 0 aliphatic heterocycles. The molecular formula is C20H18O4. The van der Waals surface area contributed by atoms with Gasteiger partial charge in [0, 0.05) is 23.8 Å². The Morgan fingerprint density at radius 2 is 1.75 bits per heavy atom. The smallest absolute Gasteiger partial charge is 0.308 e. The summed E-state index contributed by atoms with van der Waals surface area (Å²) in [5.41, 5.74) is 2.24. The minimum absolute atomic E-state index is 0.0904. The van der Waals surface area contributed by atoms with Gasteiger partial charge in [0.15, 0.2) is 11.5 Å². The summed E-state index contributed by atoms with van der Waals surface area (Å²) >= 11 is 0. The van der Waals surface area contributed by atoms with Crippen LogP contribution in [0.3, 0.4) is 0 Å². The fourth-order valence-corrected chi connectivity index (χ4v) is 2.74. The number of carbonyl (C=O) groups is 1. The van der Waals surface area contributed by atoms with Crippen molar-refractivity contribution in [3.05, 3.63) is 65.7 Å². The van der Waals surface area contributed by atoms with Crippen LogP contribution in [0.2, 0.25) is 0 Å². The van der Waals surface area contributed by atoms with Crippen molar-refractivity contribution in [3.8, 4) is 17.2 Å². The van der Waals surface area contributed by atoms with Crippen LogP contribution >= 0.6 is 0 Å². The molecule has 4 nitrogen and oxygen atoms in total. The molecule has 0 spiro atoms. The fourth-order valence-electron chi connectivity index (χ4n) is 2.74. The van der Waals surface area contributed by atoms with Crippen LogP contribution in [0.4, 0.5) is 0 Å². The zero-order valence-corrected chi connectivity index (χ0v) is 13.6. The second-order valence-electron chi connectivity index (χ2n) is 5.56. The average Bonchev–Trinajstić information content (AvgIpc) is 2.58. The third-order valence-electron chi connectivity index (χ3n) is 3.81. The summed E-state index contributed by atoms with van der Waals surface area (Å²) in [4.78, 5) is 11.4. The Morgan fingerprint density at radius 3 is 2.42 bits per heavy atom. The van der Waals surface area contributed by atoms with Gasteiger partial charge in [0.25, 0.3) is 0 Å². The van der Waals surface area contributed by atoms with E-state index in [2.05, 4.69) is 12.1 Å². The highest BCUT2D eigenvalue weighted by molar-refractivity contribution is 5.97. The first kappa shape index (κ1) is 15.9. The maximum absolute atomic E-state index is 11.4. The number of aromatic hydroxyl groups is 1. The molecule has 0 unspecified atom stereocenters. The van der Waals surface area contributed by atoms with Crippen LogP contribution in [0.15, 0.2) is 54.6 Å². The van der Waals surface area contributed by atoms with E-state index in [-0.39, 0.29) is 5.75 Å². The molecule has 0 fully saturated rings. The van der Waals surface area contributed by atoms with Gasteiger partial charge in [-0.05, 0) is 23.6 Å². The Hall–Kier alpha value is -3.01. The van der Waals surface area contributed by atoms with Crippen molar-refractivity contribution in [2.75, 3.05) is 7.11 Å². The van der Waals surface area contributed by atoms with Crippen LogP contribution in [-0.4, -0.2) is 18.2 Å². The highest BCUT2D eigenvalue weighted by Gasteiger charge is 2.16. The van der Waals surface area contributed by atoms with Gasteiger partial charge in [0.1, 0.15) is 5.75 Å². The molecule has 0 saturated heterocycles. The van der Waals surface area contributed by atoms with E-state index < -0.39 is 5.97 Å². The number of hydrogen-bond donors (Lipinski definition) is 1. The lowest BCUT2D eigenvalue weighted by Crippen LogP contribution is -2.04. The topological polar surface area (TPSA) is 55.8 Å². The lowest BCUT2D eigenvalue weighted by molar-refractivity contribution is -0.131. The zero-order valence-electron chi connectivity index (χ0n) is 13.6. The van der Waals surface area contributed by atoms with Gasteiger partial charge >= 0.3 is 5.97 Å². The molecule has 0 atom stereocenters. The maximum atomic E-state index is 11.4. The number of phenolic OH excluding ortho intramolecular Hbond substituents is 1. The molecule has 0 aliphatic rings. The predicted octanol–water partition coefficient (Wildman–Crippen LogP) is 4.07. The molecule has 0 aliphatic carbocycles. The molecule has 3 aromatic carbocycles. The number of carbonyl (C=O) groups excluding carboxylic acids is 1. The third-order valence-corrected chi connectivity index (χ3v) is 3.81. The van der Waals surface area contributed by atoms with E-state index in [1.165, 1.54) is 25.7 Å². The molecule has 0 aromatic heterocycles. The summed E-state index contributed by atoms with van der Waals surface area (Å²) in [6, 6.07) is 17.3. The molecule has 24 heavy (non-hydrogen) atoms. The Balaban J connectivity index is 2.09. The number of phenols is 1. The molecule has 4 heteroatoms. The molecule has 3 aromatic rings. The molecule has 0 saturated carbocycles. The van der Waals surface area contributed by atoms with E-state index in [0.717, 1.165) is 12.0 Å². The first-order valence-electron chi connectivity index (χ1n) is 7.63. The van der Waals surface area contributed by atoms with Crippen LogP contribution in [0.5, 0.6) is 17.2 Å². The van der Waals surface area contributed by atoms with Gasteiger partial charge in [0.05, 0.1) is 7.11 Å². The van der Waals surface area contributed by atoms with E-state index >= 15 is 0 Å². The van der Waals surface area contributed by atoms with Gasteiger partial charge in [0.2, 0.25) is 0 Å². The minimum atomic E-state index is -0.436. The maximum Gasteiger partial charge on any atom is 0.308 e. The zero-order chi connectivity index (χ0) is 17.1. The van der Waals surface area contributed by atoms with Crippen molar-refractivity contribution >= 4 is 16.7 Å². The van der Waals surface area contributed by atoms with Crippen molar-refractivity contribution in [3.63, 3.8) is 0 Å². The number of rotatable bonds is 4. The van der Waals surface area contributed by atoms with Gasteiger partial charge in [-0.2, -0.15) is 0 Å². The van der Waals surface area contributed by atoms with Crippen LogP contribution in [0, 0.1) is 0 Å². The SMILES string of the molecule is COc1cc(O)c2cc(Cc3ccccc3)ccc2c1OC(C)=O. The second kappa shape index (κ2) is 6.62. The number of benzene rings is 3. The van der Waals surface area contributed by atoms with Crippen LogP contribution < -0.4 is 9.47 Å². The molecule has 1 N–H and O–H groups in total. The summed E-state index contributed by atoms with van der Waals surface area (Å²) in [5, 5.41) is 11.6. The number of hydrogen-bond acceptors (Lipinski definition) is 4. The summed E-state index contributed by atoms with van der Waals surface area (Å²) < 4.78 is 10.5. The highest BCUT2D eigenvalue weighted by atomic mass is 16.6. The summed E-state index contributed by atoms with van der Waals surface area (Å²) in [5.74, 6) is 0.302. The van der Waals surface area contributed by atoms with Crippen LogP contribution in [0.1, 0.15) is 18.1 Å². The van der Waals surface area contributed by atoms with Crippen molar-refractivity contribution in [2.45, 2.75) is 13.3 Å². The Bertz CT molecular complexity index is 885. The number of ether oxygens (including phenoxy) is 2. The molecular weight excluding hydrogens is 304 g/mol. The van der Waals surface area contributed by atoms with Crippen molar-refractivity contribution in [2.24, 2.45) is 0 Å². The Morgan fingerprint density at radius 1 is 1.00 bits per heavy atom. The van der Waals surface area contributed by atoms with E-state index in [1.54, 1.807) is 0 Å². The van der Waals surface area contributed by atoms with E-state index in [4.69, 9.17) is 9.47 Å². The molecule has 122 valence electrons. The Kier molecular flexibility index (Phi) is 4.38. The summed E-state index contributed by atoms with van der Waals surface area (Å²) in [7, 11) is 1.47. The van der Waals surface area contributed by atoms with Gasteiger partial charge in [-0.1, -0.05) is 42.5 Å². The quantitative estimate of drug-likeness (QED) is 0.581. The predicted molar refractivity (Wildman–Crippen MR) is 92.7 cm³/mol.